The van der Waals surface area contributed by atoms with E-state index < -0.39 is 0 Å². The lowest BCUT2D eigenvalue weighted by Gasteiger charge is -2.25. The first-order chi connectivity index (χ1) is 7.15. The molecule has 1 aromatic rings. The molecule has 1 rings (SSSR count). The summed E-state index contributed by atoms with van der Waals surface area (Å²) in [5.41, 5.74) is 3.81. The highest BCUT2D eigenvalue weighted by atomic mass is 35.5. The molecule has 0 aromatic carbocycles. The zero-order chi connectivity index (χ0) is 11.4. The molecule has 1 heterocycles. The Morgan fingerprint density at radius 2 is 2.13 bits per heavy atom. The summed E-state index contributed by atoms with van der Waals surface area (Å²) >= 11 is 6.10. The highest BCUT2D eigenvalue weighted by molar-refractivity contribution is 6.31. The predicted molar refractivity (Wildman–Crippen MR) is 62.4 cm³/mol. The fourth-order valence-corrected chi connectivity index (χ4v) is 2.25. The van der Waals surface area contributed by atoms with Crippen LogP contribution in [-0.2, 0) is 7.05 Å². The minimum absolute atomic E-state index is 0.0694. The van der Waals surface area contributed by atoms with Gasteiger partial charge >= 0.3 is 0 Å². The van der Waals surface area contributed by atoms with Gasteiger partial charge in [-0.25, -0.2) is 0 Å². The second kappa shape index (κ2) is 5.49. The molecule has 15 heavy (non-hydrogen) atoms. The van der Waals surface area contributed by atoms with Gasteiger partial charge in [-0.05, 0) is 5.92 Å². The average molecular weight is 231 g/mol. The van der Waals surface area contributed by atoms with Gasteiger partial charge in [0.2, 0.25) is 0 Å². The maximum atomic E-state index is 6.10. The Balaban J connectivity index is 3.01. The number of nitrogens with two attached hydrogens (primary N) is 1. The molecule has 0 saturated carbocycles. The van der Waals surface area contributed by atoms with E-state index in [1.165, 1.54) is 0 Å². The summed E-state index contributed by atoms with van der Waals surface area (Å²) in [6.07, 6.45) is 3.78. The van der Waals surface area contributed by atoms with Crippen LogP contribution in [-0.4, -0.2) is 9.78 Å². The molecule has 0 saturated heterocycles. The van der Waals surface area contributed by atoms with E-state index in [2.05, 4.69) is 24.4 Å². The van der Waals surface area contributed by atoms with Crippen LogP contribution in [0.4, 0.5) is 0 Å². The summed E-state index contributed by atoms with van der Waals surface area (Å²) in [5, 5.41) is 4.80. The summed E-state index contributed by atoms with van der Waals surface area (Å²) in [6.45, 7) is 4.31. The zero-order valence-corrected chi connectivity index (χ0v) is 10.3. The molecule has 3 N–H and O–H groups in total. The Kier molecular flexibility index (Phi) is 4.57. The molecule has 0 aliphatic carbocycles. The van der Waals surface area contributed by atoms with Gasteiger partial charge < -0.3 is 0 Å². The van der Waals surface area contributed by atoms with Gasteiger partial charge in [0, 0.05) is 7.05 Å². The second-order valence-electron chi connectivity index (χ2n) is 3.72. The fourth-order valence-electron chi connectivity index (χ4n) is 1.97. The molecule has 1 atom stereocenters. The molecule has 0 radical (unpaired) electrons. The summed E-state index contributed by atoms with van der Waals surface area (Å²) in [6, 6.07) is 0.0694. The fraction of sp³-hybridized carbons (Fsp3) is 0.700. The third-order valence-electron chi connectivity index (χ3n) is 2.93. The first kappa shape index (κ1) is 12.5. The average Bonchev–Trinajstić information content (AvgIpc) is 2.56. The van der Waals surface area contributed by atoms with Gasteiger partial charge in [-0.1, -0.05) is 38.3 Å². The first-order valence-electron chi connectivity index (χ1n) is 5.29. The second-order valence-corrected chi connectivity index (χ2v) is 4.13. The Bertz CT molecular complexity index is 287. The van der Waals surface area contributed by atoms with Crippen LogP contribution in [0.15, 0.2) is 6.20 Å². The lowest BCUT2D eigenvalue weighted by Crippen LogP contribution is -2.34. The van der Waals surface area contributed by atoms with Crippen molar-refractivity contribution < 1.29 is 0 Å². The lowest BCUT2D eigenvalue weighted by atomic mass is 9.92. The number of halogens is 1. The molecule has 0 amide bonds. The molecule has 86 valence electrons. The zero-order valence-electron chi connectivity index (χ0n) is 9.50. The first-order valence-corrected chi connectivity index (χ1v) is 5.66. The molecule has 0 spiro atoms. The number of hydrogen-bond acceptors (Lipinski definition) is 3. The van der Waals surface area contributed by atoms with E-state index in [9.17, 15) is 0 Å². The maximum Gasteiger partial charge on any atom is 0.0834 e. The van der Waals surface area contributed by atoms with Crippen molar-refractivity contribution in [1.82, 2.24) is 15.2 Å². The van der Waals surface area contributed by atoms with Crippen molar-refractivity contribution in [3.63, 3.8) is 0 Å². The number of nitrogens with one attached hydrogen (secondary N) is 1. The number of aromatic nitrogens is 2. The molecule has 0 aliphatic heterocycles. The Hall–Kier alpha value is -0.580. The van der Waals surface area contributed by atoms with Gasteiger partial charge in [0.15, 0.2) is 0 Å². The van der Waals surface area contributed by atoms with E-state index >= 15 is 0 Å². The van der Waals surface area contributed by atoms with Gasteiger partial charge in [-0.15, -0.1) is 0 Å². The standard InChI is InChI=1S/C10H19ClN4/c1-4-7(5-2)9(14-12)10-8(11)6-13-15(10)3/h6-7,9,14H,4-5,12H2,1-3H3. The number of hydrazine groups is 1. The minimum atomic E-state index is 0.0694. The van der Waals surface area contributed by atoms with Gasteiger partial charge in [-0.2, -0.15) is 5.10 Å². The Morgan fingerprint density at radius 1 is 1.53 bits per heavy atom. The predicted octanol–water partition coefficient (Wildman–Crippen LogP) is 2.01. The van der Waals surface area contributed by atoms with Gasteiger partial charge in [0.05, 0.1) is 23.0 Å². The summed E-state index contributed by atoms with van der Waals surface area (Å²) in [7, 11) is 1.88. The van der Waals surface area contributed by atoms with Crippen molar-refractivity contribution in [3.05, 3.63) is 16.9 Å². The Morgan fingerprint density at radius 3 is 2.47 bits per heavy atom. The highest BCUT2D eigenvalue weighted by Gasteiger charge is 2.24. The Labute approximate surface area is 95.8 Å². The quantitative estimate of drug-likeness (QED) is 0.601. The number of nitrogens with zero attached hydrogens (tertiary/aromatic N) is 2. The van der Waals surface area contributed by atoms with E-state index in [1.807, 2.05) is 7.05 Å². The number of aryl methyl sites for hydroxylation is 1. The van der Waals surface area contributed by atoms with Crippen molar-refractivity contribution in [2.75, 3.05) is 0 Å². The molecule has 0 bridgehead atoms. The van der Waals surface area contributed by atoms with Crippen LogP contribution in [0.1, 0.15) is 38.4 Å². The van der Waals surface area contributed by atoms with Crippen molar-refractivity contribution in [2.45, 2.75) is 32.7 Å². The summed E-state index contributed by atoms with van der Waals surface area (Å²) < 4.78 is 1.78. The highest BCUT2D eigenvalue weighted by Crippen LogP contribution is 2.30. The topological polar surface area (TPSA) is 55.9 Å². The molecule has 4 nitrogen and oxygen atoms in total. The van der Waals surface area contributed by atoms with Crippen LogP contribution in [0.25, 0.3) is 0 Å². The molecular weight excluding hydrogens is 212 g/mol. The van der Waals surface area contributed by atoms with Crippen molar-refractivity contribution in [1.29, 1.82) is 0 Å². The smallest absolute Gasteiger partial charge is 0.0834 e. The van der Waals surface area contributed by atoms with E-state index in [0.29, 0.717) is 10.9 Å². The SMILES string of the molecule is CCC(CC)C(NN)c1c(Cl)cnn1C. The van der Waals surface area contributed by atoms with Crippen LogP contribution in [0.3, 0.4) is 0 Å². The molecule has 5 heteroatoms. The summed E-state index contributed by atoms with van der Waals surface area (Å²) in [5.74, 6) is 6.08. The third-order valence-corrected chi connectivity index (χ3v) is 3.22. The van der Waals surface area contributed by atoms with Gasteiger partial charge in [0.25, 0.3) is 0 Å². The minimum Gasteiger partial charge on any atom is -0.271 e. The van der Waals surface area contributed by atoms with Crippen molar-refractivity contribution in [3.8, 4) is 0 Å². The van der Waals surface area contributed by atoms with Gasteiger partial charge in [0.1, 0.15) is 0 Å². The molecular formula is C10H19ClN4. The molecule has 0 fully saturated rings. The molecule has 1 unspecified atom stereocenters. The third kappa shape index (κ3) is 2.51. The summed E-state index contributed by atoms with van der Waals surface area (Å²) in [4.78, 5) is 0. The van der Waals surface area contributed by atoms with E-state index in [0.717, 1.165) is 18.5 Å². The van der Waals surface area contributed by atoms with Crippen molar-refractivity contribution in [2.24, 2.45) is 18.8 Å². The normalized spacial score (nSPS) is 13.5. The van der Waals surface area contributed by atoms with Gasteiger partial charge in [-0.3, -0.25) is 16.0 Å². The van der Waals surface area contributed by atoms with Crippen LogP contribution in [0, 0.1) is 5.92 Å². The van der Waals surface area contributed by atoms with E-state index in [1.54, 1.807) is 10.9 Å². The largest absolute Gasteiger partial charge is 0.271 e. The van der Waals surface area contributed by atoms with E-state index in [4.69, 9.17) is 17.4 Å². The lowest BCUT2D eigenvalue weighted by molar-refractivity contribution is 0.330. The van der Waals surface area contributed by atoms with Crippen LogP contribution >= 0.6 is 11.6 Å². The number of rotatable bonds is 5. The molecule has 0 aliphatic rings. The van der Waals surface area contributed by atoms with E-state index in [-0.39, 0.29) is 6.04 Å². The van der Waals surface area contributed by atoms with Crippen LogP contribution < -0.4 is 11.3 Å². The van der Waals surface area contributed by atoms with Crippen molar-refractivity contribution >= 4 is 11.6 Å². The monoisotopic (exact) mass is 230 g/mol. The number of hydrogen-bond donors (Lipinski definition) is 2. The maximum absolute atomic E-state index is 6.10. The molecule has 1 aromatic heterocycles. The van der Waals surface area contributed by atoms with Crippen LogP contribution in [0.5, 0.6) is 0 Å². The van der Waals surface area contributed by atoms with Crippen LogP contribution in [0.2, 0.25) is 5.02 Å².